The van der Waals surface area contributed by atoms with Crippen LogP contribution in [0.3, 0.4) is 0 Å². The molecule has 0 saturated heterocycles. The first-order valence-electron chi connectivity index (χ1n) is 17.8. The van der Waals surface area contributed by atoms with E-state index >= 15 is 4.21 Å². The lowest BCUT2D eigenvalue weighted by Gasteiger charge is -2.38. The third-order valence-corrected chi connectivity index (χ3v) is 16.4. The summed E-state index contributed by atoms with van der Waals surface area (Å²) >= 11 is 0. The molecule has 4 heteroatoms. The maximum atomic E-state index is 17.8. The Morgan fingerprint density at radius 2 is 0.615 bits per heavy atom. The zero-order valence-corrected chi connectivity index (χ0v) is 28.8. The highest BCUT2D eigenvalue weighted by Gasteiger charge is 2.58. The van der Waals surface area contributed by atoms with Crippen LogP contribution < -0.4 is 0 Å². The van der Waals surface area contributed by atoms with E-state index in [1.165, 1.54) is 21.5 Å². The fourth-order valence-electron chi connectivity index (χ4n) is 9.70. The lowest BCUT2D eigenvalue weighted by molar-refractivity contribution is 0.658. The summed E-state index contributed by atoms with van der Waals surface area (Å²) in [7, 11) is -4.14. The van der Waals surface area contributed by atoms with Crippen molar-refractivity contribution in [1.29, 1.82) is 0 Å². The Morgan fingerprint density at radius 3 is 1.00 bits per heavy atom. The standard InChI is InChI=1S/C48H30N2OS/c51-52(43-27-11-5-19-35(43)36-20-6-12-28-44(36)52)45-29-13-25-41(49-37-21-7-1-15-31(37)32-16-2-8-22-38(32)49)47(45)48-42(26-14-30-46(48)52)50-39-23-9-3-17-33(39)34-18-4-10-24-40(34)50/h1-30H. The van der Waals surface area contributed by atoms with Gasteiger partial charge >= 0.3 is 0 Å². The first kappa shape index (κ1) is 28.2. The van der Waals surface area contributed by atoms with Crippen LogP contribution in [0.25, 0.3) is 77.2 Å². The molecule has 0 saturated carbocycles. The van der Waals surface area contributed by atoms with Crippen molar-refractivity contribution in [2.24, 2.45) is 0 Å². The Morgan fingerprint density at radius 1 is 0.308 bits per heavy atom. The Bertz CT molecular complexity index is 2940. The van der Waals surface area contributed by atoms with Gasteiger partial charge in [0, 0.05) is 61.3 Å². The third kappa shape index (κ3) is 3.09. The average molecular weight is 683 g/mol. The fourth-order valence-corrected chi connectivity index (χ4v) is 14.9. The molecule has 0 amide bonds. The van der Waals surface area contributed by atoms with Crippen LogP contribution in [0.5, 0.6) is 0 Å². The smallest absolute Gasteiger partial charge is 0.0553 e. The van der Waals surface area contributed by atoms with Gasteiger partial charge in [-0.3, -0.25) is 4.21 Å². The zero-order chi connectivity index (χ0) is 34.2. The van der Waals surface area contributed by atoms with Gasteiger partial charge in [-0.25, -0.2) is 0 Å². The summed E-state index contributed by atoms with van der Waals surface area (Å²) in [6, 6.07) is 64.4. The predicted molar refractivity (Wildman–Crippen MR) is 214 cm³/mol. The number of para-hydroxylation sites is 4. The van der Waals surface area contributed by atoms with Crippen molar-refractivity contribution in [3.63, 3.8) is 0 Å². The largest absolute Gasteiger partial charge is 0.309 e. The van der Waals surface area contributed by atoms with Crippen LogP contribution in [0.15, 0.2) is 202 Å². The van der Waals surface area contributed by atoms with Gasteiger partial charge in [-0.15, -0.1) is 0 Å². The summed E-state index contributed by atoms with van der Waals surface area (Å²) in [4.78, 5) is 3.52. The van der Waals surface area contributed by atoms with E-state index in [0.29, 0.717) is 0 Å². The Labute approximate surface area is 300 Å². The minimum atomic E-state index is -4.14. The van der Waals surface area contributed by atoms with Crippen LogP contribution in [0, 0.1) is 0 Å². The van der Waals surface area contributed by atoms with E-state index < -0.39 is 9.07 Å². The molecule has 52 heavy (non-hydrogen) atoms. The minimum Gasteiger partial charge on any atom is -0.309 e. The highest BCUT2D eigenvalue weighted by atomic mass is 32.3. The predicted octanol–water partition coefficient (Wildman–Crippen LogP) is 12.2. The molecule has 2 aliphatic heterocycles. The number of fused-ring (bicyclic) bond motifs is 16. The molecule has 0 atom stereocenters. The molecule has 0 radical (unpaired) electrons. The highest BCUT2D eigenvalue weighted by Crippen LogP contribution is 2.72. The van der Waals surface area contributed by atoms with Gasteiger partial charge < -0.3 is 9.13 Å². The molecule has 1 spiro atoms. The van der Waals surface area contributed by atoms with Crippen molar-refractivity contribution in [2.45, 2.75) is 19.6 Å². The van der Waals surface area contributed by atoms with Crippen molar-refractivity contribution >= 4 is 52.7 Å². The van der Waals surface area contributed by atoms with Crippen LogP contribution in [0.2, 0.25) is 0 Å². The average Bonchev–Trinajstić information content (AvgIpc) is 3.88. The Kier molecular flexibility index (Phi) is 5.23. The second-order valence-corrected chi connectivity index (χ2v) is 17.6. The van der Waals surface area contributed by atoms with Crippen LogP contribution in [0.1, 0.15) is 0 Å². The van der Waals surface area contributed by atoms with Crippen molar-refractivity contribution < 1.29 is 4.21 Å². The minimum absolute atomic E-state index is 0.872. The topological polar surface area (TPSA) is 26.9 Å². The summed E-state index contributed by atoms with van der Waals surface area (Å²) in [6.07, 6.45) is 0. The van der Waals surface area contributed by atoms with Gasteiger partial charge in [-0.05, 0) is 71.8 Å². The third-order valence-electron chi connectivity index (χ3n) is 11.6. The van der Waals surface area contributed by atoms with Gasteiger partial charge in [0.05, 0.1) is 33.4 Å². The number of benzene rings is 8. The number of rotatable bonds is 2. The summed E-state index contributed by atoms with van der Waals surface area (Å²) in [5, 5.41) is 4.79. The molecule has 3 nitrogen and oxygen atoms in total. The van der Waals surface area contributed by atoms with Gasteiger partial charge in [-0.2, -0.15) is 0 Å². The van der Waals surface area contributed by atoms with Crippen LogP contribution >= 0.6 is 0 Å². The van der Waals surface area contributed by atoms with Gasteiger partial charge in [0.25, 0.3) is 0 Å². The molecule has 0 bridgehead atoms. The SMILES string of the molecule is O=S12(c3ccccc3-c3ccccc31)c1cccc(-n3c4ccccc4c4ccccc43)c1-c1c(-n3c4ccccc4c4ccccc43)cccc12. The lowest BCUT2D eigenvalue weighted by Crippen LogP contribution is -2.30. The molecule has 0 fully saturated rings. The second kappa shape index (κ2) is 9.64. The second-order valence-electron chi connectivity index (χ2n) is 14.0. The molecule has 244 valence electrons. The van der Waals surface area contributed by atoms with Gasteiger partial charge in [0.15, 0.2) is 0 Å². The number of hydrogen-bond acceptors (Lipinski definition) is 1. The lowest BCUT2D eigenvalue weighted by atomic mass is 10.0. The van der Waals surface area contributed by atoms with E-state index in [0.717, 1.165) is 75.3 Å². The molecule has 12 rings (SSSR count). The summed E-state index contributed by atoms with van der Waals surface area (Å²) in [5.41, 5.74) is 10.7. The zero-order valence-electron chi connectivity index (χ0n) is 28.0. The molecule has 8 aromatic carbocycles. The first-order chi connectivity index (χ1) is 25.7. The van der Waals surface area contributed by atoms with Crippen LogP contribution in [0.4, 0.5) is 0 Å². The summed E-state index contributed by atoms with van der Waals surface area (Å²) < 4.78 is 22.6. The maximum absolute atomic E-state index is 17.8. The van der Waals surface area contributed by atoms with E-state index in [-0.39, 0.29) is 0 Å². The molecular weight excluding hydrogens is 653 g/mol. The quantitative estimate of drug-likeness (QED) is 0.178. The number of aromatic nitrogens is 2. The molecule has 0 N–H and O–H groups in total. The molecule has 0 unspecified atom stereocenters. The monoisotopic (exact) mass is 682 g/mol. The molecule has 2 aromatic heterocycles. The van der Waals surface area contributed by atoms with Crippen molar-refractivity contribution in [3.8, 4) is 33.6 Å². The van der Waals surface area contributed by atoms with E-state index in [4.69, 9.17) is 0 Å². The van der Waals surface area contributed by atoms with Crippen LogP contribution in [-0.2, 0) is 9.07 Å². The van der Waals surface area contributed by atoms with Crippen molar-refractivity contribution in [2.75, 3.05) is 0 Å². The number of nitrogens with zero attached hydrogens (tertiary/aromatic N) is 2. The van der Waals surface area contributed by atoms with E-state index in [1.54, 1.807) is 0 Å². The molecule has 0 aliphatic carbocycles. The first-order valence-corrected chi connectivity index (χ1v) is 19.7. The van der Waals surface area contributed by atoms with Crippen molar-refractivity contribution in [1.82, 2.24) is 9.13 Å². The highest BCUT2D eigenvalue weighted by molar-refractivity contribution is 8.21. The fraction of sp³-hybridized carbons (Fsp3) is 0. The van der Waals surface area contributed by atoms with Crippen LogP contribution in [-0.4, -0.2) is 13.3 Å². The molecular formula is C48H30N2OS. The van der Waals surface area contributed by atoms with Gasteiger partial charge in [-0.1, -0.05) is 121 Å². The van der Waals surface area contributed by atoms with E-state index in [2.05, 4.69) is 191 Å². The summed E-state index contributed by atoms with van der Waals surface area (Å²) in [5.74, 6) is 0. The molecule has 10 aromatic rings. The van der Waals surface area contributed by atoms with E-state index in [1.807, 2.05) is 0 Å². The molecule has 4 heterocycles. The van der Waals surface area contributed by atoms with Gasteiger partial charge in [0.1, 0.15) is 0 Å². The molecule has 2 aliphatic rings. The van der Waals surface area contributed by atoms with Gasteiger partial charge in [0.2, 0.25) is 0 Å². The maximum Gasteiger partial charge on any atom is 0.0553 e. The number of hydrogen-bond donors (Lipinski definition) is 0. The summed E-state index contributed by atoms with van der Waals surface area (Å²) in [6.45, 7) is 0. The van der Waals surface area contributed by atoms with Crippen molar-refractivity contribution in [3.05, 3.63) is 182 Å². The Balaban J connectivity index is 1.34. The van der Waals surface area contributed by atoms with E-state index in [9.17, 15) is 0 Å². The Hall–Kier alpha value is -6.49. The normalized spacial score (nSPS) is 15.4.